The number of anilines is 1. The number of hydrogen-bond acceptors (Lipinski definition) is 8. The third-order valence-corrected chi connectivity index (χ3v) is 7.15. The SMILES string of the molecule is CCOC(=O)c1c(-c2ccccc2)csc1NC(=O)C(C#N)=Cc1ccc(-c2ccc(S(N)(=O)=O)cc2)o1. The Hall–Kier alpha value is -4.50. The highest BCUT2D eigenvalue weighted by Gasteiger charge is 2.24. The molecule has 0 bridgehead atoms. The molecule has 0 spiro atoms. The van der Waals surface area contributed by atoms with Crippen LogP contribution in [-0.2, 0) is 19.6 Å². The Morgan fingerprint density at radius 1 is 1.08 bits per heavy atom. The highest BCUT2D eigenvalue weighted by molar-refractivity contribution is 7.89. The molecule has 2 aromatic heterocycles. The normalized spacial score (nSPS) is 11.6. The highest BCUT2D eigenvalue weighted by atomic mass is 32.2. The first-order chi connectivity index (χ1) is 18.2. The molecular formula is C27H21N3O6S2. The fraction of sp³-hybridized carbons (Fsp3) is 0.0741. The number of hydrogen-bond donors (Lipinski definition) is 2. The lowest BCUT2D eigenvalue weighted by molar-refractivity contribution is -0.112. The predicted molar refractivity (Wildman–Crippen MR) is 143 cm³/mol. The summed E-state index contributed by atoms with van der Waals surface area (Å²) in [6.45, 7) is 1.85. The van der Waals surface area contributed by atoms with Gasteiger partial charge in [-0.3, -0.25) is 4.79 Å². The third kappa shape index (κ3) is 5.90. The summed E-state index contributed by atoms with van der Waals surface area (Å²) in [5.74, 6) is -0.696. The van der Waals surface area contributed by atoms with Crippen LogP contribution in [0.3, 0.4) is 0 Å². The number of carbonyl (C=O) groups is 2. The van der Waals surface area contributed by atoms with Crippen LogP contribution in [0.4, 0.5) is 5.00 Å². The predicted octanol–water partition coefficient (Wildman–Crippen LogP) is 5.04. The minimum atomic E-state index is -3.83. The number of nitrogens with one attached hydrogen (secondary N) is 1. The van der Waals surface area contributed by atoms with Gasteiger partial charge < -0.3 is 14.5 Å². The number of sulfonamides is 1. The molecule has 3 N–H and O–H groups in total. The minimum absolute atomic E-state index is 0.0393. The second-order valence-corrected chi connectivity index (χ2v) is 10.3. The van der Waals surface area contributed by atoms with E-state index in [-0.39, 0.29) is 33.4 Å². The van der Waals surface area contributed by atoms with Gasteiger partial charge in [-0.2, -0.15) is 5.26 Å². The molecule has 0 unspecified atom stereocenters. The van der Waals surface area contributed by atoms with E-state index >= 15 is 0 Å². The van der Waals surface area contributed by atoms with Crippen LogP contribution in [0.1, 0.15) is 23.0 Å². The first-order valence-corrected chi connectivity index (χ1v) is 13.6. The molecule has 0 saturated carbocycles. The number of thiophene rings is 1. The second kappa shape index (κ2) is 11.3. The van der Waals surface area contributed by atoms with Crippen molar-refractivity contribution < 1.29 is 27.2 Å². The topological polar surface area (TPSA) is 152 Å². The summed E-state index contributed by atoms with van der Waals surface area (Å²) in [4.78, 5) is 25.7. The Balaban J connectivity index is 1.59. The summed E-state index contributed by atoms with van der Waals surface area (Å²) in [5, 5.41) is 19.4. The number of nitrogens with zero attached hydrogens (tertiary/aromatic N) is 1. The summed E-state index contributed by atoms with van der Waals surface area (Å²) in [7, 11) is -3.83. The van der Waals surface area contributed by atoms with Crippen LogP contribution in [0.15, 0.2) is 87.0 Å². The lowest BCUT2D eigenvalue weighted by atomic mass is 10.0. The number of amides is 1. The summed E-state index contributed by atoms with van der Waals surface area (Å²) < 4.78 is 33.8. The van der Waals surface area contributed by atoms with Gasteiger partial charge in [-0.05, 0) is 48.9 Å². The standard InChI is InChI=1S/C27H21N3O6S2/c1-2-35-27(32)24-22(17-6-4-3-5-7-17)16-37-26(24)30-25(31)19(15-28)14-20-10-13-23(36-20)18-8-11-21(12-9-18)38(29,33)34/h3-14,16H,2H2,1H3,(H,30,31)(H2,29,33,34). The van der Waals surface area contributed by atoms with Gasteiger partial charge in [0, 0.05) is 22.6 Å². The number of nitriles is 1. The minimum Gasteiger partial charge on any atom is -0.462 e. The second-order valence-electron chi connectivity index (χ2n) is 7.84. The number of carbonyl (C=O) groups excluding carboxylic acids is 2. The van der Waals surface area contributed by atoms with Gasteiger partial charge >= 0.3 is 5.97 Å². The number of benzene rings is 2. The van der Waals surface area contributed by atoms with Gasteiger partial charge in [0.2, 0.25) is 10.0 Å². The van der Waals surface area contributed by atoms with Gasteiger partial charge in [-0.15, -0.1) is 11.3 Å². The molecule has 38 heavy (non-hydrogen) atoms. The summed E-state index contributed by atoms with van der Waals surface area (Å²) in [6.07, 6.45) is 1.27. The molecule has 0 aliphatic carbocycles. The number of furan rings is 1. The molecule has 0 atom stereocenters. The summed E-state index contributed by atoms with van der Waals surface area (Å²) >= 11 is 1.15. The van der Waals surface area contributed by atoms with Gasteiger partial charge in [-0.1, -0.05) is 30.3 Å². The Bertz CT molecular complexity index is 1660. The zero-order chi connectivity index (χ0) is 27.3. The summed E-state index contributed by atoms with van der Waals surface area (Å²) in [6, 6.07) is 20.0. The molecular weight excluding hydrogens is 526 g/mol. The van der Waals surface area contributed by atoms with E-state index in [9.17, 15) is 23.3 Å². The Morgan fingerprint density at radius 2 is 1.79 bits per heavy atom. The molecule has 9 nitrogen and oxygen atoms in total. The van der Waals surface area contributed by atoms with Crippen LogP contribution in [-0.4, -0.2) is 26.9 Å². The van der Waals surface area contributed by atoms with Crippen LogP contribution >= 0.6 is 11.3 Å². The molecule has 11 heteroatoms. The number of rotatable bonds is 8. The maximum absolute atomic E-state index is 13.0. The molecule has 4 rings (SSSR count). The van der Waals surface area contributed by atoms with E-state index in [0.29, 0.717) is 16.9 Å². The molecule has 2 heterocycles. The number of ether oxygens (including phenoxy) is 1. The molecule has 192 valence electrons. The molecule has 0 radical (unpaired) electrons. The van der Waals surface area contributed by atoms with Crippen molar-refractivity contribution in [1.29, 1.82) is 5.26 Å². The monoisotopic (exact) mass is 547 g/mol. The number of nitrogens with two attached hydrogens (primary N) is 1. The Kier molecular flexibility index (Phi) is 7.87. The van der Waals surface area contributed by atoms with Crippen molar-refractivity contribution in [1.82, 2.24) is 0 Å². The van der Waals surface area contributed by atoms with Gasteiger partial charge in [-0.25, -0.2) is 18.4 Å². The maximum atomic E-state index is 13.0. The van der Waals surface area contributed by atoms with Crippen molar-refractivity contribution in [3.8, 4) is 28.5 Å². The van der Waals surface area contributed by atoms with Gasteiger partial charge in [0.25, 0.3) is 5.91 Å². The average molecular weight is 548 g/mol. The molecule has 0 saturated heterocycles. The Morgan fingerprint density at radius 3 is 2.42 bits per heavy atom. The molecule has 0 aliphatic heterocycles. The van der Waals surface area contributed by atoms with Crippen LogP contribution < -0.4 is 10.5 Å². The molecule has 0 aliphatic rings. The zero-order valence-electron chi connectivity index (χ0n) is 20.0. The number of esters is 1. The van der Waals surface area contributed by atoms with Gasteiger partial charge in [0.1, 0.15) is 33.7 Å². The van der Waals surface area contributed by atoms with Crippen LogP contribution in [0.25, 0.3) is 28.5 Å². The average Bonchev–Trinajstić information content (AvgIpc) is 3.55. The van der Waals surface area contributed by atoms with Crippen LogP contribution in [0.2, 0.25) is 0 Å². The first kappa shape index (κ1) is 26.6. The molecule has 0 fully saturated rings. The first-order valence-electron chi connectivity index (χ1n) is 11.2. The molecule has 1 amide bonds. The van der Waals surface area contributed by atoms with E-state index in [1.54, 1.807) is 24.4 Å². The molecule has 2 aromatic carbocycles. The van der Waals surface area contributed by atoms with E-state index in [1.807, 2.05) is 36.4 Å². The van der Waals surface area contributed by atoms with Gasteiger partial charge in [0.05, 0.1) is 11.5 Å². The van der Waals surface area contributed by atoms with Crippen LogP contribution in [0, 0.1) is 11.3 Å². The van der Waals surface area contributed by atoms with Gasteiger partial charge in [0.15, 0.2) is 0 Å². The third-order valence-electron chi connectivity index (χ3n) is 5.33. The van der Waals surface area contributed by atoms with Crippen molar-refractivity contribution in [2.45, 2.75) is 11.8 Å². The number of primary sulfonamides is 1. The van der Waals surface area contributed by atoms with Crippen molar-refractivity contribution in [3.05, 3.63) is 89.0 Å². The van der Waals surface area contributed by atoms with E-state index in [0.717, 1.165) is 16.9 Å². The van der Waals surface area contributed by atoms with E-state index < -0.39 is 21.9 Å². The largest absolute Gasteiger partial charge is 0.462 e. The van der Waals surface area contributed by atoms with Crippen LogP contribution in [0.5, 0.6) is 0 Å². The summed E-state index contributed by atoms with van der Waals surface area (Å²) in [5.41, 5.74) is 1.92. The van der Waals surface area contributed by atoms with E-state index in [4.69, 9.17) is 14.3 Å². The Labute approximate surface area is 222 Å². The van der Waals surface area contributed by atoms with Crippen molar-refractivity contribution in [2.24, 2.45) is 5.14 Å². The fourth-order valence-electron chi connectivity index (χ4n) is 3.54. The van der Waals surface area contributed by atoms with Crippen molar-refractivity contribution in [2.75, 3.05) is 11.9 Å². The van der Waals surface area contributed by atoms with Crippen molar-refractivity contribution in [3.63, 3.8) is 0 Å². The van der Waals surface area contributed by atoms with E-state index in [2.05, 4.69) is 5.32 Å². The quantitative estimate of drug-likeness (QED) is 0.178. The fourth-order valence-corrected chi connectivity index (χ4v) is 5.01. The molecule has 4 aromatic rings. The zero-order valence-corrected chi connectivity index (χ0v) is 21.6. The maximum Gasteiger partial charge on any atom is 0.341 e. The lowest BCUT2D eigenvalue weighted by Gasteiger charge is -2.08. The van der Waals surface area contributed by atoms with E-state index in [1.165, 1.54) is 30.3 Å². The lowest BCUT2D eigenvalue weighted by Crippen LogP contribution is -2.16. The van der Waals surface area contributed by atoms with Crippen molar-refractivity contribution >= 4 is 44.3 Å². The smallest absolute Gasteiger partial charge is 0.341 e. The highest BCUT2D eigenvalue weighted by Crippen LogP contribution is 2.36.